The van der Waals surface area contributed by atoms with Gasteiger partial charge in [-0.3, -0.25) is 19.2 Å². The van der Waals surface area contributed by atoms with Crippen LogP contribution in [0.1, 0.15) is 176 Å². The highest BCUT2D eigenvalue weighted by Gasteiger charge is 2.39. The molecule has 8 aromatic heterocycles. The summed E-state index contributed by atoms with van der Waals surface area (Å²) in [7, 11) is 19.5. The summed E-state index contributed by atoms with van der Waals surface area (Å²) in [4.78, 5) is 130. The lowest BCUT2D eigenvalue weighted by atomic mass is 9.96. The Kier molecular flexibility index (Phi) is 18.8. The zero-order chi connectivity index (χ0) is 67.2. The van der Waals surface area contributed by atoms with E-state index < -0.39 is 24.4 Å². The van der Waals surface area contributed by atoms with Crippen LogP contribution in [-0.2, 0) is 29.7 Å². The normalized spacial score (nSPS) is 17.6. The number of aromatic nitrogens is 16. The fraction of sp³-hybridized carbons (Fsp3) is 0.586. The number of carbonyl (C=O) groups excluding carboxylic acids is 4. The van der Waals surface area contributed by atoms with Gasteiger partial charge in [0.15, 0.2) is 22.6 Å². The van der Waals surface area contributed by atoms with Gasteiger partial charge in [-0.1, -0.05) is 38.5 Å². The summed E-state index contributed by atoms with van der Waals surface area (Å²) < 4.78 is 24.1. The average molecular weight is 1280 g/mol. The summed E-state index contributed by atoms with van der Waals surface area (Å²) >= 11 is 0. The minimum absolute atomic E-state index is 0.0177. The first-order valence-corrected chi connectivity index (χ1v) is 31.4. The number of fused-ring (bicyclic) bond motifs is 4. The number of aryl methyl sites for hydroxylation is 2. The molecule has 6 aliphatic rings. The van der Waals surface area contributed by atoms with E-state index in [2.05, 4.69) is 73.9 Å². The van der Waals surface area contributed by atoms with Crippen molar-refractivity contribution in [1.82, 2.24) is 98.6 Å². The molecule has 0 bridgehead atoms. The second-order valence-electron chi connectivity index (χ2n) is 26.7. The molecule has 488 valence electrons. The number of aromatic amines is 4. The monoisotopic (exact) mass is 1280 g/mol. The number of hydrogen-bond acceptors (Lipinski definition) is 20. The van der Waals surface area contributed by atoms with Crippen molar-refractivity contribution in [2.24, 2.45) is 0 Å². The Morgan fingerprint density at radius 1 is 0.426 bits per heavy atom. The Morgan fingerprint density at radius 3 is 1.16 bits per heavy atom. The molecule has 0 atom stereocenters. The highest BCUT2D eigenvalue weighted by molar-refractivity contribution is 6.06. The summed E-state index contributed by atoms with van der Waals surface area (Å²) in [5, 5.41) is 19.8. The van der Waals surface area contributed by atoms with E-state index in [-0.39, 0.29) is 57.0 Å². The number of rotatable bonds is 6. The SMILES string of the molecule is [B]OC(=O)N1CC(c2nc3c(c(C)nn3C(C)(C)C)c(=O)[nH]2)C1.[B]OC(=O)N1CC(c2nc3c(c(C)nn3C3CCCCC3)c(=O)[nH]2)C1.[B]OC(=O)N1CC(c2nc3c(cnn3C(C)(C)C)c(=O)[nH]2)C1.[B]OC(=O)N1CC(c2nc3c(cnn3C3CCCCC3)c(=O)[nH]2)C1. The van der Waals surface area contributed by atoms with Crippen molar-refractivity contribution in [3.05, 3.63) is 88.5 Å². The van der Waals surface area contributed by atoms with E-state index >= 15 is 0 Å². The molecule has 4 aliphatic heterocycles. The Labute approximate surface area is 542 Å². The topological polar surface area (TPSA) is 372 Å². The van der Waals surface area contributed by atoms with Crippen LogP contribution in [0.5, 0.6) is 0 Å². The summed E-state index contributed by atoms with van der Waals surface area (Å²) in [5.74, 6) is 2.15. The fourth-order valence-corrected chi connectivity index (χ4v) is 12.7. The first-order valence-electron chi connectivity index (χ1n) is 31.4. The van der Waals surface area contributed by atoms with Gasteiger partial charge in [0, 0.05) is 52.4 Å². The van der Waals surface area contributed by atoms with Crippen molar-refractivity contribution in [1.29, 1.82) is 0 Å². The Balaban J connectivity index is 0.000000128. The van der Waals surface area contributed by atoms with Crippen molar-refractivity contribution in [2.45, 2.75) is 166 Å². The molecule has 8 aromatic rings. The van der Waals surface area contributed by atoms with Gasteiger partial charge in [0.05, 0.1) is 70.6 Å². The van der Waals surface area contributed by atoms with Gasteiger partial charge in [0.2, 0.25) is 0 Å². The largest absolute Gasteiger partial charge is 0.528 e. The zero-order valence-electron chi connectivity index (χ0n) is 53.7. The molecule has 94 heavy (non-hydrogen) atoms. The maximum absolute atomic E-state index is 12.6. The summed E-state index contributed by atoms with van der Waals surface area (Å²) in [5.41, 5.74) is 2.40. The summed E-state index contributed by atoms with van der Waals surface area (Å²) in [6.45, 7) is 19.0. The van der Waals surface area contributed by atoms with Crippen molar-refractivity contribution in [2.75, 3.05) is 52.4 Å². The van der Waals surface area contributed by atoms with E-state index in [1.807, 2.05) is 57.8 Å². The Morgan fingerprint density at radius 2 is 0.755 bits per heavy atom. The molecule has 0 spiro atoms. The minimum atomic E-state index is -0.584. The molecule has 2 saturated carbocycles. The molecule has 4 amide bonds. The quantitative estimate of drug-likeness (QED) is 0.170. The third kappa shape index (κ3) is 13.2. The first-order chi connectivity index (χ1) is 44.8. The molecular weight excluding hydrogens is 1210 g/mol. The van der Waals surface area contributed by atoms with Crippen molar-refractivity contribution in [3.8, 4) is 0 Å². The van der Waals surface area contributed by atoms with Crippen molar-refractivity contribution < 1.29 is 37.8 Å². The molecule has 0 aromatic carbocycles. The summed E-state index contributed by atoms with van der Waals surface area (Å²) in [6.07, 6.45) is 12.3. The number of likely N-dealkylation sites (tertiary alicyclic amines) is 4. The van der Waals surface area contributed by atoms with Gasteiger partial charge < -0.3 is 58.2 Å². The second kappa shape index (κ2) is 26.6. The van der Waals surface area contributed by atoms with Crippen LogP contribution in [0.25, 0.3) is 44.1 Å². The number of nitrogens with zero attached hydrogens (tertiary/aromatic N) is 16. The number of nitrogens with one attached hydrogen (secondary N) is 4. The second-order valence-corrected chi connectivity index (χ2v) is 26.7. The van der Waals surface area contributed by atoms with Crippen LogP contribution in [-0.4, -0.2) is 208 Å². The maximum atomic E-state index is 12.6. The van der Waals surface area contributed by atoms with Crippen molar-refractivity contribution >= 4 is 101 Å². The van der Waals surface area contributed by atoms with Gasteiger partial charge in [-0.15, -0.1) is 0 Å². The van der Waals surface area contributed by atoms with Crippen LogP contribution >= 0.6 is 0 Å². The third-order valence-electron chi connectivity index (χ3n) is 18.0. The van der Waals surface area contributed by atoms with Crippen LogP contribution in [0.4, 0.5) is 19.2 Å². The van der Waals surface area contributed by atoms with Gasteiger partial charge >= 0.3 is 56.6 Å². The average Bonchev–Trinajstić information content (AvgIpc) is 1.57. The van der Waals surface area contributed by atoms with Gasteiger partial charge in [-0.25, -0.2) is 57.8 Å². The van der Waals surface area contributed by atoms with Crippen LogP contribution < -0.4 is 22.2 Å². The number of hydrogen-bond donors (Lipinski definition) is 4. The van der Waals surface area contributed by atoms with E-state index in [0.717, 1.165) is 25.7 Å². The van der Waals surface area contributed by atoms with Crippen LogP contribution in [0.2, 0.25) is 0 Å². The zero-order valence-corrected chi connectivity index (χ0v) is 53.7. The lowest BCUT2D eigenvalue weighted by Gasteiger charge is -2.37. The molecule has 4 N–H and O–H groups in total. The maximum Gasteiger partial charge on any atom is 0.391 e. The minimum Gasteiger partial charge on any atom is -0.528 e. The number of amides is 4. The molecule has 14 rings (SSSR count). The molecule has 12 heterocycles. The number of H-pyrrole nitrogens is 4. The molecule has 36 heteroatoms. The van der Waals surface area contributed by atoms with E-state index in [1.165, 1.54) is 64.3 Å². The van der Waals surface area contributed by atoms with Gasteiger partial charge in [-0.2, -0.15) is 20.4 Å². The Bertz CT molecular complexity index is 4410. The van der Waals surface area contributed by atoms with E-state index in [1.54, 1.807) is 22.5 Å². The van der Waals surface area contributed by atoms with Crippen molar-refractivity contribution in [3.63, 3.8) is 0 Å². The third-order valence-corrected chi connectivity index (χ3v) is 18.0. The number of carbonyl (C=O) groups is 4. The summed E-state index contributed by atoms with van der Waals surface area (Å²) in [6, 6.07) is 0.612. The van der Waals surface area contributed by atoms with Gasteiger partial charge in [0.1, 0.15) is 44.8 Å². The molecule has 2 aliphatic carbocycles. The highest BCUT2D eigenvalue weighted by atomic mass is 16.5. The van der Waals surface area contributed by atoms with E-state index in [4.69, 9.17) is 37.2 Å². The molecule has 4 saturated heterocycles. The molecule has 0 unspecified atom stereocenters. The highest BCUT2D eigenvalue weighted by Crippen LogP contribution is 2.34. The standard InChI is InChI=1S/C16H20BN5O3.C15H18BN5O3.C14H18BN5O3.C13H16BN5O3/c1-9-12-14(22(20-9)11-5-3-2-4-6-11)18-13(19-15(12)23)10-7-21(8-10)16(24)25-17;16-24-15(23)20-7-9(8-20)12-18-13-11(14(22)19-12)6-17-21(13)10-4-2-1-3-5-10;1-7-9-11(20(18-7)14(2,3)4)16-10(17-12(9)21)8-5-19(6-8)13(22)23-15;1-13(2,3)19-10-8(4-15-19)11(20)17-9(16-10)7-5-18(6-7)12(21)22-14/h10-11H,2-8H2,1H3,(H,18,19,23);6,9-10H,1-5,7-8H2,(H,18,19,22);8H,5-6H2,1-4H3,(H,16,17,21);4,7H,5-6H2,1-3H3,(H,16,17,20). The predicted octanol–water partition coefficient (Wildman–Crippen LogP) is 4.09. The van der Waals surface area contributed by atoms with Crippen LogP contribution in [0.3, 0.4) is 0 Å². The molecular formula is C58H72B4N20O12. The lowest BCUT2D eigenvalue weighted by molar-refractivity contribution is 0.112. The molecule has 6 fully saturated rings. The van der Waals surface area contributed by atoms with E-state index in [9.17, 15) is 38.4 Å². The van der Waals surface area contributed by atoms with Crippen LogP contribution in [0.15, 0.2) is 31.6 Å². The fourth-order valence-electron chi connectivity index (χ4n) is 12.7. The predicted molar refractivity (Wildman–Crippen MR) is 343 cm³/mol. The van der Waals surface area contributed by atoms with Gasteiger partial charge in [0.25, 0.3) is 22.2 Å². The van der Waals surface area contributed by atoms with E-state index in [0.29, 0.717) is 143 Å². The van der Waals surface area contributed by atoms with Crippen LogP contribution in [0, 0.1) is 13.8 Å². The Hall–Kier alpha value is -9.26. The van der Waals surface area contributed by atoms with Gasteiger partial charge in [-0.05, 0) is 81.1 Å². The lowest BCUT2D eigenvalue weighted by Crippen LogP contribution is -2.49. The smallest absolute Gasteiger partial charge is 0.391 e. The first kappa shape index (κ1) is 66.2. The molecule has 32 nitrogen and oxygen atoms in total. The molecule has 8 radical (unpaired) electrons.